The van der Waals surface area contributed by atoms with E-state index in [0.717, 1.165) is 17.1 Å². The number of hydrogen-bond donors (Lipinski definition) is 3. The summed E-state index contributed by atoms with van der Waals surface area (Å²) in [5.41, 5.74) is 3.03. The summed E-state index contributed by atoms with van der Waals surface area (Å²) in [6, 6.07) is 24.0. The summed E-state index contributed by atoms with van der Waals surface area (Å²) in [4.78, 5) is 12.4. The highest BCUT2D eigenvalue weighted by Crippen LogP contribution is 2.27. The molecule has 3 N–H and O–H groups in total. The lowest BCUT2D eigenvalue weighted by Gasteiger charge is -2.09. The number of halogens is 1. The third kappa shape index (κ3) is 5.53. The Kier molecular flexibility index (Phi) is 6.93. The summed E-state index contributed by atoms with van der Waals surface area (Å²) >= 11 is 6.06. The van der Waals surface area contributed by atoms with Gasteiger partial charge in [-0.05, 0) is 54.6 Å². The lowest BCUT2D eigenvalue weighted by molar-refractivity contribution is -0.112. The van der Waals surface area contributed by atoms with E-state index >= 15 is 0 Å². The van der Waals surface area contributed by atoms with Crippen molar-refractivity contribution < 1.29 is 9.53 Å². The van der Waals surface area contributed by atoms with Crippen LogP contribution in [0.15, 0.2) is 84.6 Å². The second-order valence-electron chi connectivity index (χ2n) is 6.19. The van der Waals surface area contributed by atoms with Crippen molar-refractivity contribution in [3.63, 3.8) is 0 Å². The van der Waals surface area contributed by atoms with E-state index in [9.17, 15) is 10.1 Å². The number of anilines is 4. The third-order valence-corrected chi connectivity index (χ3v) is 4.40. The average Bonchev–Trinajstić information content (AvgIpc) is 2.76. The molecule has 1 amide bonds. The van der Waals surface area contributed by atoms with Crippen molar-refractivity contribution in [2.75, 3.05) is 23.1 Å². The van der Waals surface area contributed by atoms with Crippen molar-refractivity contribution in [3.05, 3.63) is 89.6 Å². The first kappa shape index (κ1) is 20.8. The van der Waals surface area contributed by atoms with E-state index in [-0.39, 0.29) is 5.57 Å². The van der Waals surface area contributed by atoms with Gasteiger partial charge in [-0.2, -0.15) is 5.26 Å². The molecule has 150 valence electrons. The van der Waals surface area contributed by atoms with Gasteiger partial charge in [-0.15, -0.1) is 0 Å². The molecule has 30 heavy (non-hydrogen) atoms. The SMILES string of the molecule is COc1ccc(NC(=O)/C(C#N)=C\Nc2ccc(Nc3ccccc3)cc2)cc1Cl. The van der Waals surface area contributed by atoms with Crippen LogP contribution in [0.5, 0.6) is 5.75 Å². The topological polar surface area (TPSA) is 86.2 Å². The van der Waals surface area contributed by atoms with Gasteiger partial charge in [-0.25, -0.2) is 0 Å². The van der Waals surface area contributed by atoms with E-state index in [1.165, 1.54) is 13.3 Å². The van der Waals surface area contributed by atoms with Crippen molar-refractivity contribution in [3.8, 4) is 11.8 Å². The number of rotatable bonds is 7. The summed E-state index contributed by atoms with van der Waals surface area (Å²) in [5.74, 6) is -0.0498. The number of amides is 1. The Morgan fingerprint density at radius 1 is 0.967 bits per heavy atom. The molecule has 0 saturated carbocycles. The number of carbonyl (C=O) groups excluding carboxylic acids is 1. The number of para-hydroxylation sites is 1. The van der Waals surface area contributed by atoms with Crippen LogP contribution < -0.4 is 20.7 Å². The van der Waals surface area contributed by atoms with Gasteiger partial charge >= 0.3 is 0 Å². The van der Waals surface area contributed by atoms with Crippen molar-refractivity contribution in [1.82, 2.24) is 0 Å². The Bertz CT molecular complexity index is 1090. The predicted molar refractivity (Wildman–Crippen MR) is 120 cm³/mol. The molecule has 3 aromatic carbocycles. The molecule has 0 aromatic heterocycles. The highest BCUT2D eigenvalue weighted by atomic mass is 35.5. The van der Waals surface area contributed by atoms with Crippen molar-refractivity contribution in [2.24, 2.45) is 0 Å². The summed E-state index contributed by atoms with van der Waals surface area (Å²) in [6.07, 6.45) is 1.36. The maximum Gasteiger partial charge on any atom is 0.267 e. The second-order valence-corrected chi connectivity index (χ2v) is 6.59. The van der Waals surface area contributed by atoms with Gasteiger partial charge in [0, 0.05) is 28.9 Å². The van der Waals surface area contributed by atoms with Gasteiger partial charge < -0.3 is 20.7 Å². The van der Waals surface area contributed by atoms with Crippen LogP contribution in [0.2, 0.25) is 5.02 Å². The molecule has 0 fully saturated rings. The molecule has 0 aliphatic rings. The standard InChI is InChI=1S/C23H19ClN4O2/c1-30-22-12-11-20(13-21(22)24)28-23(29)16(14-25)15-26-17-7-9-19(10-8-17)27-18-5-3-2-4-6-18/h2-13,15,26-27H,1H3,(H,28,29)/b16-15-. The summed E-state index contributed by atoms with van der Waals surface area (Å²) < 4.78 is 5.08. The number of carbonyl (C=O) groups is 1. The second kappa shape index (κ2) is 10.0. The van der Waals surface area contributed by atoms with E-state index < -0.39 is 5.91 Å². The van der Waals surface area contributed by atoms with Crippen LogP contribution in [0.25, 0.3) is 0 Å². The van der Waals surface area contributed by atoms with E-state index in [1.54, 1.807) is 18.2 Å². The minimum atomic E-state index is -0.548. The monoisotopic (exact) mass is 418 g/mol. The molecule has 3 aromatic rings. The van der Waals surface area contributed by atoms with Crippen LogP contribution in [-0.4, -0.2) is 13.0 Å². The van der Waals surface area contributed by atoms with Gasteiger partial charge in [0.15, 0.2) is 0 Å². The average molecular weight is 419 g/mol. The fourth-order valence-corrected chi connectivity index (χ4v) is 2.84. The number of nitrogens with zero attached hydrogens (tertiary/aromatic N) is 1. The van der Waals surface area contributed by atoms with E-state index in [0.29, 0.717) is 16.5 Å². The zero-order valence-corrected chi connectivity index (χ0v) is 16.9. The van der Waals surface area contributed by atoms with Crippen molar-refractivity contribution in [1.29, 1.82) is 5.26 Å². The quantitative estimate of drug-likeness (QED) is 0.346. The minimum absolute atomic E-state index is 0.0755. The number of hydrogen-bond acceptors (Lipinski definition) is 5. The Morgan fingerprint density at radius 2 is 1.60 bits per heavy atom. The first-order chi connectivity index (χ1) is 14.6. The molecular formula is C23H19ClN4O2. The Morgan fingerprint density at radius 3 is 2.23 bits per heavy atom. The third-order valence-electron chi connectivity index (χ3n) is 4.11. The minimum Gasteiger partial charge on any atom is -0.495 e. The molecular weight excluding hydrogens is 400 g/mol. The predicted octanol–water partition coefficient (Wildman–Crippen LogP) is 5.55. The maximum atomic E-state index is 12.4. The van der Waals surface area contributed by atoms with E-state index in [1.807, 2.05) is 60.7 Å². The van der Waals surface area contributed by atoms with Crippen molar-refractivity contribution in [2.45, 2.75) is 0 Å². The Labute approximate surface area is 179 Å². The fraction of sp³-hybridized carbons (Fsp3) is 0.0435. The Hall–Kier alpha value is -3.95. The molecule has 0 saturated heterocycles. The fourth-order valence-electron chi connectivity index (χ4n) is 2.58. The molecule has 0 radical (unpaired) electrons. The molecule has 6 nitrogen and oxygen atoms in total. The zero-order valence-electron chi connectivity index (χ0n) is 16.1. The van der Waals surface area contributed by atoms with Gasteiger partial charge in [0.25, 0.3) is 5.91 Å². The number of benzene rings is 3. The smallest absolute Gasteiger partial charge is 0.267 e. The molecule has 0 unspecified atom stereocenters. The molecule has 0 heterocycles. The van der Waals surface area contributed by atoms with Crippen LogP contribution in [0.4, 0.5) is 22.7 Å². The summed E-state index contributed by atoms with van der Waals surface area (Å²) in [6.45, 7) is 0. The highest BCUT2D eigenvalue weighted by Gasteiger charge is 2.11. The van der Waals surface area contributed by atoms with E-state index in [2.05, 4.69) is 16.0 Å². The molecule has 7 heteroatoms. The number of nitriles is 1. The largest absolute Gasteiger partial charge is 0.495 e. The Balaban J connectivity index is 1.62. The van der Waals surface area contributed by atoms with Crippen LogP contribution in [0.1, 0.15) is 0 Å². The van der Waals surface area contributed by atoms with Gasteiger partial charge in [0.1, 0.15) is 17.4 Å². The maximum absolute atomic E-state index is 12.4. The van der Waals surface area contributed by atoms with Gasteiger partial charge in [-0.3, -0.25) is 4.79 Å². The van der Waals surface area contributed by atoms with Gasteiger partial charge in [0.05, 0.1) is 12.1 Å². The highest BCUT2D eigenvalue weighted by molar-refractivity contribution is 6.32. The van der Waals surface area contributed by atoms with Gasteiger partial charge in [0.2, 0.25) is 0 Å². The number of ether oxygens (including phenoxy) is 1. The lowest BCUT2D eigenvalue weighted by Crippen LogP contribution is -2.14. The number of nitrogens with one attached hydrogen (secondary N) is 3. The van der Waals surface area contributed by atoms with Crippen LogP contribution >= 0.6 is 11.6 Å². The van der Waals surface area contributed by atoms with Crippen LogP contribution in [0, 0.1) is 11.3 Å². The zero-order chi connectivity index (χ0) is 21.3. The first-order valence-electron chi connectivity index (χ1n) is 9.03. The molecule has 3 rings (SSSR count). The van der Waals surface area contributed by atoms with Crippen LogP contribution in [-0.2, 0) is 4.79 Å². The molecule has 0 aliphatic carbocycles. The number of methoxy groups -OCH3 is 1. The molecule has 0 atom stereocenters. The molecule has 0 spiro atoms. The van der Waals surface area contributed by atoms with Crippen molar-refractivity contribution >= 4 is 40.3 Å². The lowest BCUT2D eigenvalue weighted by atomic mass is 10.2. The summed E-state index contributed by atoms with van der Waals surface area (Å²) in [5, 5.41) is 18.6. The van der Waals surface area contributed by atoms with Crippen LogP contribution in [0.3, 0.4) is 0 Å². The van der Waals surface area contributed by atoms with E-state index in [4.69, 9.17) is 16.3 Å². The molecule has 0 aliphatic heterocycles. The first-order valence-corrected chi connectivity index (χ1v) is 9.40. The summed E-state index contributed by atoms with van der Waals surface area (Å²) in [7, 11) is 1.51. The normalized spacial score (nSPS) is 10.6. The molecule has 0 bridgehead atoms. The van der Waals surface area contributed by atoms with Gasteiger partial charge in [-0.1, -0.05) is 29.8 Å².